The van der Waals surface area contributed by atoms with Crippen LogP contribution >= 0.6 is 0 Å². The van der Waals surface area contributed by atoms with E-state index in [4.69, 9.17) is 10.5 Å². The van der Waals surface area contributed by atoms with Gasteiger partial charge in [0.15, 0.2) is 0 Å². The highest BCUT2D eigenvalue weighted by molar-refractivity contribution is 5.44. The van der Waals surface area contributed by atoms with Gasteiger partial charge < -0.3 is 10.5 Å². The van der Waals surface area contributed by atoms with E-state index in [0.717, 1.165) is 22.8 Å². The van der Waals surface area contributed by atoms with Gasteiger partial charge in [-0.15, -0.1) is 0 Å². The van der Waals surface area contributed by atoms with Gasteiger partial charge in [0.05, 0.1) is 12.6 Å². The van der Waals surface area contributed by atoms with Crippen LogP contribution < -0.4 is 10.5 Å². The molecule has 1 aromatic carbocycles. The Morgan fingerprint density at radius 3 is 2.89 bits per heavy atom. The molecule has 0 heterocycles. The Labute approximate surface area is 116 Å². The molecule has 1 fully saturated rings. The minimum Gasteiger partial charge on any atom is -0.490 e. The lowest BCUT2D eigenvalue weighted by atomic mass is 9.89. The molecule has 1 aliphatic carbocycles. The molecule has 2 atom stereocenters. The molecule has 0 bridgehead atoms. The molecule has 0 spiro atoms. The molecule has 0 aromatic heterocycles. The topological polar surface area (TPSA) is 35.2 Å². The standard InChI is InChI=1S/C17H23NO/c1-13-5-3-7-16(11-13)19-17-9-8-15(6-4-10-18)14(2)12-17/h8-9,12-13,16H,3,5,7,10-11,18H2,1-2H3. The van der Waals surface area contributed by atoms with Crippen molar-refractivity contribution in [1.82, 2.24) is 0 Å². The molecule has 2 unspecified atom stereocenters. The van der Waals surface area contributed by atoms with Gasteiger partial charge >= 0.3 is 0 Å². The van der Waals surface area contributed by atoms with Crippen molar-refractivity contribution in [1.29, 1.82) is 0 Å². The van der Waals surface area contributed by atoms with Gasteiger partial charge in [0.2, 0.25) is 0 Å². The van der Waals surface area contributed by atoms with Gasteiger partial charge in [0.1, 0.15) is 5.75 Å². The van der Waals surface area contributed by atoms with Crippen molar-refractivity contribution >= 4 is 0 Å². The first-order valence-corrected chi connectivity index (χ1v) is 7.15. The van der Waals surface area contributed by atoms with E-state index in [2.05, 4.69) is 31.8 Å². The fraction of sp³-hybridized carbons (Fsp3) is 0.529. The van der Waals surface area contributed by atoms with Crippen LogP contribution in [0.3, 0.4) is 0 Å². The SMILES string of the molecule is Cc1cc(OC2CCCC(C)C2)ccc1C#CCN. The quantitative estimate of drug-likeness (QED) is 0.825. The van der Waals surface area contributed by atoms with E-state index >= 15 is 0 Å². The molecule has 0 amide bonds. The molecule has 0 aliphatic heterocycles. The average Bonchev–Trinajstić information content (AvgIpc) is 2.38. The second kappa shape index (κ2) is 6.63. The summed E-state index contributed by atoms with van der Waals surface area (Å²) in [6.45, 7) is 4.78. The lowest BCUT2D eigenvalue weighted by Gasteiger charge is -2.27. The lowest BCUT2D eigenvalue weighted by molar-refractivity contribution is 0.129. The number of hydrogen-bond donors (Lipinski definition) is 1. The molecule has 0 saturated heterocycles. The van der Waals surface area contributed by atoms with E-state index in [-0.39, 0.29) is 0 Å². The molecule has 102 valence electrons. The second-order valence-corrected chi connectivity index (χ2v) is 5.49. The third kappa shape index (κ3) is 4.01. The zero-order valence-electron chi connectivity index (χ0n) is 11.9. The van der Waals surface area contributed by atoms with Crippen LogP contribution in [0, 0.1) is 24.7 Å². The predicted molar refractivity (Wildman–Crippen MR) is 79.2 cm³/mol. The largest absolute Gasteiger partial charge is 0.490 e. The van der Waals surface area contributed by atoms with Gasteiger partial charge in [-0.1, -0.05) is 25.2 Å². The number of hydrogen-bond acceptors (Lipinski definition) is 2. The Bertz CT molecular complexity index is 484. The first-order chi connectivity index (χ1) is 9.19. The van der Waals surface area contributed by atoms with Crippen molar-refractivity contribution in [3.63, 3.8) is 0 Å². The Hall–Kier alpha value is -1.46. The van der Waals surface area contributed by atoms with E-state index in [9.17, 15) is 0 Å². The predicted octanol–water partition coefficient (Wildman–Crippen LogP) is 3.26. The molecule has 1 aliphatic rings. The second-order valence-electron chi connectivity index (χ2n) is 5.49. The molecule has 2 rings (SSSR count). The minimum absolute atomic E-state index is 0.379. The van der Waals surface area contributed by atoms with Gasteiger partial charge in [0.25, 0.3) is 0 Å². The molecule has 0 radical (unpaired) electrons. The third-order valence-corrected chi connectivity index (χ3v) is 3.71. The van der Waals surface area contributed by atoms with Gasteiger partial charge in [-0.25, -0.2) is 0 Å². The summed E-state index contributed by atoms with van der Waals surface area (Å²) in [5.41, 5.74) is 7.59. The fourth-order valence-electron chi connectivity index (χ4n) is 2.67. The van der Waals surface area contributed by atoms with E-state index in [1.165, 1.54) is 25.7 Å². The van der Waals surface area contributed by atoms with E-state index in [1.807, 2.05) is 12.1 Å². The van der Waals surface area contributed by atoms with E-state index < -0.39 is 0 Å². The summed E-state index contributed by atoms with van der Waals surface area (Å²) < 4.78 is 6.09. The van der Waals surface area contributed by atoms with Crippen LogP contribution in [0.15, 0.2) is 18.2 Å². The summed E-state index contributed by atoms with van der Waals surface area (Å²) >= 11 is 0. The highest BCUT2D eigenvalue weighted by Gasteiger charge is 2.20. The molecular weight excluding hydrogens is 234 g/mol. The highest BCUT2D eigenvalue weighted by Crippen LogP contribution is 2.28. The molecule has 2 N–H and O–H groups in total. The fourth-order valence-corrected chi connectivity index (χ4v) is 2.67. The summed E-state index contributed by atoms with van der Waals surface area (Å²) in [5.74, 6) is 7.72. The van der Waals surface area contributed by atoms with E-state index in [1.54, 1.807) is 0 Å². The monoisotopic (exact) mass is 257 g/mol. The highest BCUT2D eigenvalue weighted by atomic mass is 16.5. The Balaban J connectivity index is 2.03. The van der Waals surface area contributed by atoms with Gasteiger partial charge in [-0.05, 0) is 55.9 Å². The Morgan fingerprint density at radius 1 is 1.37 bits per heavy atom. The number of rotatable bonds is 2. The molecule has 2 heteroatoms. The van der Waals surface area contributed by atoms with Gasteiger partial charge in [-0.2, -0.15) is 0 Å². The van der Waals surface area contributed by atoms with Crippen molar-refractivity contribution in [2.24, 2.45) is 11.7 Å². The minimum atomic E-state index is 0.379. The summed E-state index contributed by atoms with van der Waals surface area (Å²) in [7, 11) is 0. The Kier molecular flexibility index (Phi) is 4.87. The van der Waals surface area contributed by atoms with Crippen LogP contribution in [0.2, 0.25) is 0 Å². The summed E-state index contributed by atoms with van der Waals surface area (Å²) in [4.78, 5) is 0. The number of ether oxygens (including phenoxy) is 1. The zero-order chi connectivity index (χ0) is 13.7. The maximum Gasteiger partial charge on any atom is 0.120 e. The van der Waals surface area contributed by atoms with Crippen LogP contribution in [0.25, 0.3) is 0 Å². The summed E-state index contributed by atoms with van der Waals surface area (Å²) in [5, 5.41) is 0. The molecule has 1 saturated carbocycles. The van der Waals surface area contributed by atoms with Crippen molar-refractivity contribution < 1.29 is 4.74 Å². The zero-order valence-corrected chi connectivity index (χ0v) is 11.9. The summed E-state index contributed by atoms with van der Waals surface area (Å²) in [6, 6.07) is 6.13. The lowest BCUT2D eigenvalue weighted by Crippen LogP contribution is -2.24. The van der Waals surface area contributed by atoms with Crippen molar-refractivity contribution in [2.75, 3.05) is 6.54 Å². The van der Waals surface area contributed by atoms with Crippen molar-refractivity contribution in [3.05, 3.63) is 29.3 Å². The smallest absolute Gasteiger partial charge is 0.120 e. The number of benzene rings is 1. The van der Waals surface area contributed by atoms with Crippen molar-refractivity contribution in [2.45, 2.75) is 45.6 Å². The maximum absolute atomic E-state index is 6.09. The van der Waals surface area contributed by atoms with Crippen LogP contribution in [0.4, 0.5) is 0 Å². The first-order valence-electron chi connectivity index (χ1n) is 7.15. The molecular formula is C17H23NO. The van der Waals surface area contributed by atoms with Gasteiger partial charge in [0, 0.05) is 5.56 Å². The molecule has 19 heavy (non-hydrogen) atoms. The average molecular weight is 257 g/mol. The van der Waals surface area contributed by atoms with Gasteiger partial charge in [-0.3, -0.25) is 0 Å². The van der Waals surface area contributed by atoms with Crippen LogP contribution in [0.1, 0.15) is 43.7 Å². The third-order valence-electron chi connectivity index (χ3n) is 3.71. The van der Waals surface area contributed by atoms with Crippen LogP contribution in [-0.4, -0.2) is 12.6 Å². The molecule has 2 nitrogen and oxygen atoms in total. The van der Waals surface area contributed by atoms with Crippen LogP contribution in [-0.2, 0) is 0 Å². The molecule has 1 aromatic rings. The number of nitrogens with two attached hydrogens (primary N) is 1. The normalized spacial score (nSPS) is 22.5. The van der Waals surface area contributed by atoms with E-state index in [0.29, 0.717) is 12.6 Å². The first kappa shape index (κ1) is 14.0. The van der Waals surface area contributed by atoms with Crippen LogP contribution in [0.5, 0.6) is 5.75 Å². The Morgan fingerprint density at radius 2 is 2.21 bits per heavy atom. The number of aryl methyl sites for hydroxylation is 1. The maximum atomic E-state index is 6.09. The summed E-state index contributed by atoms with van der Waals surface area (Å²) in [6.07, 6.45) is 5.35. The van der Waals surface area contributed by atoms with Crippen molar-refractivity contribution in [3.8, 4) is 17.6 Å².